The van der Waals surface area contributed by atoms with Crippen LogP contribution in [0.25, 0.3) is 0 Å². The van der Waals surface area contributed by atoms with Crippen molar-refractivity contribution in [2.45, 2.75) is 26.7 Å². The lowest BCUT2D eigenvalue weighted by Crippen LogP contribution is -2.27. The molecule has 3 rings (SSSR count). The first kappa shape index (κ1) is 14.9. The van der Waals surface area contributed by atoms with Crippen LogP contribution in [0.1, 0.15) is 53.1 Å². The van der Waals surface area contributed by atoms with Crippen molar-refractivity contribution in [3.63, 3.8) is 0 Å². The summed E-state index contributed by atoms with van der Waals surface area (Å²) in [5.74, 6) is 6.00. The predicted octanol–water partition coefficient (Wildman–Crippen LogP) is 2.90. The summed E-state index contributed by atoms with van der Waals surface area (Å²) in [6.07, 6.45) is 4.58. The van der Waals surface area contributed by atoms with Crippen molar-refractivity contribution in [3.8, 4) is 17.9 Å². The highest BCUT2D eigenvalue weighted by atomic mass is 16.1. The zero-order valence-electron chi connectivity index (χ0n) is 13.1. The fourth-order valence-corrected chi connectivity index (χ4v) is 2.69. The van der Waals surface area contributed by atoms with Gasteiger partial charge in [0.15, 0.2) is 5.78 Å². The van der Waals surface area contributed by atoms with Gasteiger partial charge in [0.1, 0.15) is 5.69 Å². The molecule has 2 aromatic heterocycles. The summed E-state index contributed by atoms with van der Waals surface area (Å²) in [5.41, 5.74) is 3.21. The van der Waals surface area contributed by atoms with Crippen LogP contribution in [-0.2, 0) is 6.42 Å². The van der Waals surface area contributed by atoms with Crippen molar-refractivity contribution in [1.82, 2.24) is 9.97 Å². The highest BCUT2D eigenvalue weighted by Gasteiger charge is 2.31. The highest BCUT2D eigenvalue weighted by molar-refractivity contribution is 5.98. The fourth-order valence-electron chi connectivity index (χ4n) is 2.69. The van der Waals surface area contributed by atoms with Gasteiger partial charge in [-0.3, -0.25) is 9.78 Å². The lowest BCUT2D eigenvalue weighted by atomic mass is 9.75. The molecule has 0 atom stereocenters. The summed E-state index contributed by atoms with van der Waals surface area (Å²) in [5, 5.41) is 8.88. The molecule has 0 aliphatic heterocycles. The maximum Gasteiger partial charge on any atom is 0.165 e. The van der Waals surface area contributed by atoms with Gasteiger partial charge in [0.05, 0.1) is 17.3 Å². The van der Waals surface area contributed by atoms with Gasteiger partial charge in [0, 0.05) is 29.9 Å². The van der Waals surface area contributed by atoms with Crippen LogP contribution in [0.15, 0.2) is 30.6 Å². The zero-order valence-corrected chi connectivity index (χ0v) is 13.1. The first-order valence-corrected chi connectivity index (χ1v) is 7.37. The number of Topliss-reactive ketones (excluding diaryl/α,β-unsaturated/α-hetero) is 1. The van der Waals surface area contributed by atoms with Gasteiger partial charge in [-0.05, 0) is 36.0 Å². The van der Waals surface area contributed by atoms with Crippen LogP contribution in [0, 0.1) is 28.6 Å². The van der Waals surface area contributed by atoms with E-state index in [0.29, 0.717) is 28.8 Å². The molecule has 0 unspecified atom stereocenters. The van der Waals surface area contributed by atoms with Gasteiger partial charge in [-0.15, -0.1) is 0 Å². The van der Waals surface area contributed by atoms with Crippen LogP contribution in [0.5, 0.6) is 0 Å². The van der Waals surface area contributed by atoms with E-state index in [4.69, 9.17) is 5.26 Å². The molecule has 0 fully saturated rings. The van der Waals surface area contributed by atoms with E-state index in [2.05, 4.69) is 41.7 Å². The van der Waals surface area contributed by atoms with E-state index < -0.39 is 0 Å². The Kier molecular flexibility index (Phi) is 3.68. The van der Waals surface area contributed by atoms with Gasteiger partial charge in [0.25, 0.3) is 0 Å². The summed E-state index contributed by atoms with van der Waals surface area (Å²) < 4.78 is 0. The van der Waals surface area contributed by atoms with Gasteiger partial charge in [-0.1, -0.05) is 19.8 Å². The Labute approximate surface area is 135 Å². The third-order valence-corrected chi connectivity index (χ3v) is 3.78. The molecule has 1 aliphatic rings. The maximum atomic E-state index is 12.3. The second-order valence-corrected chi connectivity index (χ2v) is 6.45. The Hall–Kier alpha value is -2.98. The molecular weight excluding hydrogens is 286 g/mol. The molecule has 0 amide bonds. The number of ketones is 1. The molecule has 0 radical (unpaired) electrons. The number of nitrogens with zero attached hydrogens (tertiary/aromatic N) is 3. The average Bonchev–Trinajstić information content (AvgIpc) is 2.52. The second-order valence-electron chi connectivity index (χ2n) is 6.45. The largest absolute Gasteiger partial charge is 0.294 e. The fraction of sp³-hybridized carbons (Fsp3) is 0.263. The second kappa shape index (κ2) is 5.66. The third-order valence-electron chi connectivity index (χ3n) is 3.78. The number of hydrogen-bond donors (Lipinski definition) is 0. The molecule has 23 heavy (non-hydrogen) atoms. The molecule has 4 heteroatoms. The quantitative estimate of drug-likeness (QED) is 0.702. The lowest BCUT2D eigenvalue weighted by Gasteiger charge is -2.29. The van der Waals surface area contributed by atoms with Crippen molar-refractivity contribution in [2.24, 2.45) is 5.41 Å². The predicted molar refractivity (Wildman–Crippen MR) is 85.6 cm³/mol. The Morgan fingerprint density at radius 1 is 1.13 bits per heavy atom. The van der Waals surface area contributed by atoms with Crippen LogP contribution in [-0.4, -0.2) is 15.8 Å². The summed E-state index contributed by atoms with van der Waals surface area (Å²) in [4.78, 5) is 20.8. The number of hydrogen-bond acceptors (Lipinski definition) is 4. The van der Waals surface area contributed by atoms with Gasteiger partial charge in [-0.2, -0.15) is 5.26 Å². The number of rotatable bonds is 0. The number of carbonyl (C=O) groups excluding carboxylic acids is 1. The number of nitriles is 1. The maximum absolute atomic E-state index is 12.3. The summed E-state index contributed by atoms with van der Waals surface area (Å²) in [6.45, 7) is 4.16. The van der Waals surface area contributed by atoms with Crippen LogP contribution in [0.3, 0.4) is 0 Å². The van der Waals surface area contributed by atoms with Crippen molar-refractivity contribution in [2.75, 3.05) is 0 Å². The van der Waals surface area contributed by atoms with Gasteiger partial charge in [0.2, 0.25) is 0 Å². The van der Waals surface area contributed by atoms with Crippen LogP contribution in [0.2, 0.25) is 0 Å². The highest BCUT2D eigenvalue weighted by Crippen LogP contribution is 2.33. The van der Waals surface area contributed by atoms with Crippen LogP contribution in [0.4, 0.5) is 0 Å². The molecule has 0 bridgehead atoms. The number of aromatic nitrogens is 2. The molecule has 1 aliphatic carbocycles. The Balaban J connectivity index is 1.92. The molecule has 0 N–H and O–H groups in total. The van der Waals surface area contributed by atoms with Crippen LogP contribution < -0.4 is 0 Å². The van der Waals surface area contributed by atoms with Gasteiger partial charge >= 0.3 is 0 Å². The Morgan fingerprint density at radius 2 is 1.96 bits per heavy atom. The van der Waals surface area contributed by atoms with Crippen molar-refractivity contribution >= 4 is 5.78 Å². The zero-order chi connectivity index (χ0) is 16.4. The lowest BCUT2D eigenvalue weighted by molar-refractivity contribution is 0.0910. The minimum absolute atomic E-state index is 0.0358. The molecule has 2 heterocycles. The van der Waals surface area contributed by atoms with E-state index in [0.717, 1.165) is 12.1 Å². The van der Waals surface area contributed by atoms with Crippen molar-refractivity contribution < 1.29 is 4.79 Å². The molecule has 2 aromatic rings. The van der Waals surface area contributed by atoms with E-state index in [1.54, 1.807) is 30.6 Å². The molecule has 0 saturated heterocycles. The number of pyridine rings is 2. The molecule has 0 aromatic carbocycles. The van der Waals surface area contributed by atoms with E-state index in [9.17, 15) is 4.79 Å². The minimum atomic E-state index is -0.0358. The smallest absolute Gasteiger partial charge is 0.165 e. The first-order chi connectivity index (χ1) is 11.0. The van der Waals surface area contributed by atoms with E-state index >= 15 is 0 Å². The van der Waals surface area contributed by atoms with E-state index in [-0.39, 0.29) is 11.2 Å². The first-order valence-electron chi connectivity index (χ1n) is 7.37. The SMILES string of the molecule is CC1(C)CC(=O)c2cc(C#Cc3cc(C#N)ccn3)cnc2C1. The van der Waals surface area contributed by atoms with E-state index in [1.165, 1.54) is 0 Å². The van der Waals surface area contributed by atoms with Crippen molar-refractivity contribution in [3.05, 3.63) is 58.7 Å². The Bertz CT molecular complexity index is 895. The normalized spacial score (nSPS) is 15.1. The standard InChI is InChI=1S/C19H15N3O/c1-19(2)9-17-16(18(23)10-19)8-14(12-22-17)3-4-15-7-13(11-20)5-6-21-15/h5-8,12H,9-10H2,1-2H3. The molecule has 0 saturated carbocycles. The minimum Gasteiger partial charge on any atom is -0.294 e. The van der Waals surface area contributed by atoms with Gasteiger partial charge in [-0.25, -0.2) is 4.98 Å². The van der Waals surface area contributed by atoms with Crippen molar-refractivity contribution in [1.29, 1.82) is 5.26 Å². The number of fused-ring (bicyclic) bond motifs is 1. The van der Waals surface area contributed by atoms with Crippen LogP contribution >= 0.6 is 0 Å². The molecular formula is C19H15N3O. The Morgan fingerprint density at radius 3 is 2.74 bits per heavy atom. The number of carbonyl (C=O) groups is 1. The summed E-state index contributed by atoms with van der Waals surface area (Å²) in [6, 6.07) is 7.12. The molecule has 4 nitrogen and oxygen atoms in total. The summed E-state index contributed by atoms with van der Waals surface area (Å²) in [7, 11) is 0. The van der Waals surface area contributed by atoms with Gasteiger partial charge < -0.3 is 0 Å². The topological polar surface area (TPSA) is 66.6 Å². The molecule has 0 spiro atoms. The summed E-state index contributed by atoms with van der Waals surface area (Å²) >= 11 is 0. The molecule has 112 valence electrons. The third kappa shape index (κ3) is 3.27. The van der Waals surface area contributed by atoms with E-state index in [1.807, 2.05) is 0 Å². The monoisotopic (exact) mass is 301 g/mol. The average molecular weight is 301 g/mol.